The van der Waals surface area contributed by atoms with Crippen molar-refractivity contribution in [3.63, 3.8) is 0 Å². The van der Waals surface area contributed by atoms with Crippen LogP contribution in [0.4, 0.5) is 0 Å². The van der Waals surface area contributed by atoms with Crippen molar-refractivity contribution in [2.24, 2.45) is 0 Å². The van der Waals surface area contributed by atoms with Gasteiger partial charge in [0.1, 0.15) is 17.9 Å². The maximum absolute atomic E-state index is 11.9. The zero-order valence-corrected chi connectivity index (χ0v) is 16.4. The molecule has 4 rings (SSSR count). The third kappa shape index (κ3) is 3.60. The van der Waals surface area contributed by atoms with Crippen LogP contribution in [0.25, 0.3) is 11.0 Å². The number of aryl methyl sites for hydroxylation is 2. The van der Waals surface area contributed by atoms with Gasteiger partial charge in [-0.3, -0.25) is 4.90 Å². The van der Waals surface area contributed by atoms with Crippen LogP contribution in [0.15, 0.2) is 45.6 Å². The minimum Gasteiger partial charge on any atom is -0.444 e. The lowest BCUT2D eigenvalue weighted by atomic mass is 9.99. The van der Waals surface area contributed by atoms with Gasteiger partial charge in [-0.25, -0.2) is 4.79 Å². The Balaban J connectivity index is 1.60. The SMILES string of the molecule is CCc1cc(=O)oc2c(C)c3c(cc12)C[NH+](CCc1ccc(Cl)cc1)CO3. The fourth-order valence-corrected chi connectivity index (χ4v) is 3.95. The molecule has 1 atom stereocenters. The highest BCUT2D eigenvalue weighted by molar-refractivity contribution is 6.30. The Morgan fingerprint density at radius 1 is 1.19 bits per heavy atom. The van der Waals surface area contributed by atoms with Crippen LogP contribution in [-0.2, 0) is 19.4 Å². The molecule has 0 aliphatic carbocycles. The fourth-order valence-electron chi connectivity index (χ4n) is 3.82. The molecule has 1 aliphatic heterocycles. The number of fused-ring (bicyclic) bond motifs is 2. The first-order valence-electron chi connectivity index (χ1n) is 9.35. The Hall–Kier alpha value is -2.30. The fraction of sp³-hybridized carbons (Fsp3) is 0.318. The zero-order valence-electron chi connectivity index (χ0n) is 15.6. The lowest BCUT2D eigenvalue weighted by molar-refractivity contribution is -0.932. The topological polar surface area (TPSA) is 43.9 Å². The van der Waals surface area contributed by atoms with E-state index in [1.807, 2.05) is 19.1 Å². The Bertz CT molecular complexity index is 1040. The first-order chi connectivity index (χ1) is 13.0. The van der Waals surface area contributed by atoms with Gasteiger partial charge >= 0.3 is 5.63 Å². The second-order valence-corrected chi connectivity index (χ2v) is 7.59. The van der Waals surface area contributed by atoms with Gasteiger partial charge in [0.05, 0.1) is 6.54 Å². The third-order valence-electron chi connectivity index (χ3n) is 5.30. The van der Waals surface area contributed by atoms with Crippen molar-refractivity contribution in [2.45, 2.75) is 33.2 Å². The van der Waals surface area contributed by atoms with E-state index in [9.17, 15) is 4.79 Å². The molecule has 3 aromatic rings. The van der Waals surface area contributed by atoms with E-state index in [0.29, 0.717) is 12.3 Å². The second kappa shape index (κ2) is 7.37. The lowest BCUT2D eigenvalue weighted by Gasteiger charge is -2.27. The van der Waals surface area contributed by atoms with Crippen LogP contribution >= 0.6 is 11.6 Å². The highest BCUT2D eigenvalue weighted by Gasteiger charge is 2.25. The van der Waals surface area contributed by atoms with E-state index >= 15 is 0 Å². The molecule has 0 saturated carbocycles. The Morgan fingerprint density at radius 3 is 2.70 bits per heavy atom. The van der Waals surface area contributed by atoms with Crippen LogP contribution in [-0.4, -0.2) is 13.3 Å². The predicted octanol–water partition coefficient (Wildman–Crippen LogP) is 3.29. The average Bonchev–Trinajstić information content (AvgIpc) is 2.67. The van der Waals surface area contributed by atoms with E-state index in [4.69, 9.17) is 20.8 Å². The van der Waals surface area contributed by atoms with Crippen LogP contribution in [0.5, 0.6) is 5.75 Å². The average molecular weight is 385 g/mol. The Morgan fingerprint density at radius 2 is 1.96 bits per heavy atom. The smallest absolute Gasteiger partial charge is 0.336 e. The van der Waals surface area contributed by atoms with Crippen molar-refractivity contribution in [2.75, 3.05) is 13.3 Å². The lowest BCUT2D eigenvalue weighted by Crippen LogP contribution is -3.12. The zero-order chi connectivity index (χ0) is 19.0. The molecule has 0 amide bonds. The molecule has 1 N–H and O–H groups in total. The predicted molar refractivity (Wildman–Crippen MR) is 107 cm³/mol. The first-order valence-corrected chi connectivity index (χ1v) is 9.73. The molecule has 0 spiro atoms. The second-order valence-electron chi connectivity index (χ2n) is 7.15. The molecule has 27 heavy (non-hydrogen) atoms. The summed E-state index contributed by atoms with van der Waals surface area (Å²) in [6.45, 7) is 6.54. The Labute approximate surface area is 163 Å². The van der Waals surface area contributed by atoms with Gasteiger partial charge < -0.3 is 9.15 Å². The van der Waals surface area contributed by atoms with Crippen LogP contribution in [0.3, 0.4) is 0 Å². The molecule has 0 bridgehead atoms. The highest BCUT2D eigenvalue weighted by Crippen LogP contribution is 2.33. The summed E-state index contributed by atoms with van der Waals surface area (Å²) in [6, 6.07) is 11.8. The van der Waals surface area contributed by atoms with Crippen molar-refractivity contribution in [1.29, 1.82) is 0 Å². The summed E-state index contributed by atoms with van der Waals surface area (Å²) >= 11 is 5.96. The largest absolute Gasteiger partial charge is 0.444 e. The van der Waals surface area contributed by atoms with Crippen molar-refractivity contribution < 1.29 is 14.1 Å². The highest BCUT2D eigenvalue weighted by atomic mass is 35.5. The number of quaternary nitrogens is 1. The van der Waals surface area contributed by atoms with Crippen molar-refractivity contribution in [3.05, 3.63) is 74.1 Å². The maximum atomic E-state index is 11.9. The molecular formula is C22H23ClNO3+. The molecule has 1 aliphatic rings. The van der Waals surface area contributed by atoms with E-state index in [1.165, 1.54) is 16.0 Å². The molecule has 2 heterocycles. The molecule has 140 valence electrons. The summed E-state index contributed by atoms with van der Waals surface area (Å²) in [5, 5.41) is 1.79. The first kappa shape index (κ1) is 18.1. The standard InChI is InChI=1S/C22H22ClNO3/c1-3-16-11-20(25)27-22-14(2)21-17(10-19(16)22)12-24(13-26-21)9-8-15-4-6-18(23)7-5-15/h4-7,10-11H,3,8-9,12-13H2,1-2H3/p+1. The van der Waals surface area contributed by atoms with E-state index in [0.717, 1.165) is 53.2 Å². The molecule has 0 saturated heterocycles. The summed E-state index contributed by atoms with van der Waals surface area (Å²) in [6.07, 6.45) is 1.78. The summed E-state index contributed by atoms with van der Waals surface area (Å²) < 4.78 is 11.6. The molecule has 5 heteroatoms. The van der Waals surface area contributed by atoms with Crippen LogP contribution in [0.1, 0.15) is 29.2 Å². The van der Waals surface area contributed by atoms with Gasteiger partial charge in [-0.1, -0.05) is 30.7 Å². The van der Waals surface area contributed by atoms with Gasteiger partial charge in [0.25, 0.3) is 0 Å². The van der Waals surface area contributed by atoms with Gasteiger partial charge in [-0.2, -0.15) is 0 Å². The normalized spacial score (nSPS) is 16.2. The van der Waals surface area contributed by atoms with E-state index in [-0.39, 0.29) is 5.63 Å². The number of rotatable bonds is 4. The number of nitrogens with one attached hydrogen (secondary N) is 1. The van der Waals surface area contributed by atoms with Crippen molar-refractivity contribution in [3.8, 4) is 5.75 Å². The van der Waals surface area contributed by atoms with Gasteiger partial charge in [0, 0.05) is 34.0 Å². The van der Waals surface area contributed by atoms with Gasteiger partial charge in [-0.05, 0) is 42.7 Å². The molecule has 1 unspecified atom stereocenters. The minimum atomic E-state index is -0.298. The third-order valence-corrected chi connectivity index (χ3v) is 5.55. The van der Waals surface area contributed by atoms with Gasteiger partial charge in [0.15, 0.2) is 0 Å². The molecule has 0 fully saturated rings. The van der Waals surface area contributed by atoms with Gasteiger partial charge in [0.2, 0.25) is 6.73 Å². The van der Waals surface area contributed by atoms with Crippen molar-refractivity contribution in [1.82, 2.24) is 0 Å². The quantitative estimate of drug-likeness (QED) is 0.702. The molecule has 2 aromatic carbocycles. The molecule has 0 radical (unpaired) electrons. The van der Waals surface area contributed by atoms with Gasteiger partial charge in [-0.15, -0.1) is 0 Å². The van der Waals surface area contributed by atoms with Crippen LogP contribution in [0.2, 0.25) is 5.02 Å². The van der Waals surface area contributed by atoms with Crippen LogP contribution in [0, 0.1) is 6.92 Å². The maximum Gasteiger partial charge on any atom is 0.336 e. The van der Waals surface area contributed by atoms with E-state index in [1.54, 1.807) is 6.07 Å². The monoisotopic (exact) mass is 384 g/mol. The number of halogens is 1. The van der Waals surface area contributed by atoms with Crippen LogP contribution < -0.4 is 15.3 Å². The summed E-state index contributed by atoms with van der Waals surface area (Å²) in [4.78, 5) is 13.2. The summed E-state index contributed by atoms with van der Waals surface area (Å²) in [7, 11) is 0. The summed E-state index contributed by atoms with van der Waals surface area (Å²) in [5.41, 5.74) is 4.77. The number of benzene rings is 2. The molecule has 1 aromatic heterocycles. The van der Waals surface area contributed by atoms with E-state index < -0.39 is 0 Å². The minimum absolute atomic E-state index is 0.298. The van der Waals surface area contributed by atoms with E-state index in [2.05, 4.69) is 25.1 Å². The molecular weight excluding hydrogens is 362 g/mol. The number of hydrogen-bond acceptors (Lipinski definition) is 3. The Kier molecular flexibility index (Phi) is 4.94. The molecule has 4 nitrogen and oxygen atoms in total. The number of ether oxygens (including phenoxy) is 1. The number of hydrogen-bond donors (Lipinski definition) is 1. The summed E-state index contributed by atoms with van der Waals surface area (Å²) in [5.74, 6) is 0.870. The van der Waals surface area contributed by atoms with Crippen molar-refractivity contribution >= 4 is 22.6 Å².